The van der Waals surface area contributed by atoms with Crippen LogP contribution >= 0.6 is 0 Å². The number of anilines is 1. The zero-order valence-corrected chi connectivity index (χ0v) is 19.4. The summed E-state index contributed by atoms with van der Waals surface area (Å²) in [5, 5.41) is 0. The average Bonchev–Trinajstić information content (AvgIpc) is 3.25. The number of ether oxygens (including phenoxy) is 1. The van der Waals surface area contributed by atoms with Crippen LogP contribution in [0.15, 0.2) is 59.8 Å². The number of sulfone groups is 1. The molecule has 1 aliphatic heterocycles. The van der Waals surface area contributed by atoms with Crippen LogP contribution in [-0.4, -0.2) is 44.3 Å². The number of aryl methyl sites for hydroxylation is 1. The zero-order valence-electron chi connectivity index (χ0n) is 18.6. The Bertz CT molecular complexity index is 1250. The van der Waals surface area contributed by atoms with Gasteiger partial charge in [0.25, 0.3) is 0 Å². The van der Waals surface area contributed by atoms with Gasteiger partial charge in [0.1, 0.15) is 16.5 Å². The molecule has 1 saturated heterocycles. The number of hydrogen-bond acceptors (Lipinski definition) is 6. The maximum absolute atomic E-state index is 14.2. The van der Waals surface area contributed by atoms with Gasteiger partial charge in [0.05, 0.1) is 6.61 Å². The predicted molar refractivity (Wildman–Crippen MR) is 125 cm³/mol. The van der Waals surface area contributed by atoms with Crippen LogP contribution in [0.25, 0.3) is 11.1 Å². The van der Waals surface area contributed by atoms with Crippen LogP contribution in [-0.2, 0) is 16.3 Å². The third kappa shape index (κ3) is 4.44. The lowest BCUT2D eigenvalue weighted by Crippen LogP contribution is -2.27. The van der Waals surface area contributed by atoms with Crippen molar-refractivity contribution in [3.8, 4) is 16.9 Å². The first-order chi connectivity index (χ1) is 15.8. The topological polar surface area (TPSA) is 72.4 Å². The van der Waals surface area contributed by atoms with Gasteiger partial charge in [0.2, 0.25) is 5.95 Å². The maximum Gasteiger partial charge on any atom is 0.225 e. The first kappa shape index (κ1) is 21.8. The van der Waals surface area contributed by atoms with Gasteiger partial charge in [-0.1, -0.05) is 25.1 Å². The maximum atomic E-state index is 14.2. The molecule has 2 heterocycles. The second kappa shape index (κ2) is 8.41. The summed E-state index contributed by atoms with van der Waals surface area (Å²) in [6.07, 6.45) is 5.76. The summed E-state index contributed by atoms with van der Waals surface area (Å²) in [6.45, 7) is 4.71. The SMILES string of the molecule is CCc1cnc(N2CC3[C@@H](COc4ccc(-c5ccc(S(C)(=O)=O)c(F)c5)cc4)[C@@H]3C2)nc1. The molecule has 3 aromatic rings. The molecule has 5 rings (SSSR count). The number of fused-ring (bicyclic) bond motifs is 1. The normalized spacial score (nSPS) is 21.7. The molecule has 1 aliphatic carbocycles. The van der Waals surface area contributed by atoms with Crippen LogP contribution in [0.4, 0.5) is 10.3 Å². The smallest absolute Gasteiger partial charge is 0.225 e. The van der Waals surface area contributed by atoms with Crippen LogP contribution in [0, 0.1) is 23.6 Å². The van der Waals surface area contributed by atoms with Gasteiger partial charge >= 0.3 is 0 Å². The van der Waals surface area contributed by atoms with E-state index in [0.717, 1.165) is 48.6 Å². The highest BCUT2D eigenvalue weighted by molar-refractivity contribution is 7.90. The molecule has 6 nitrogen and oxygen atoms in total. The molecule has 0 spiro atoms. The number of hydrogen-bond donors (Lipinski definition) is 0. The van der Waals surface area contributed by atoms with Gasteiger partial charge in [-0.25, -0.2) is 22.8 Å². The quantitative estimate of drug-likeness (QED) is 0.523. The molecule has 0 bridgehead atoms. The third-order valence-corrected chi connectivity index (χ3v) is 7.85. The van der Waals surface area contributed by atoms with Gasteiger partial charge in [0, 0.05) is 37.7 Å². The molecule has 2 aliphatic rings. The summed E-state index contributed by atoms with van der Waals surface area (Å²) in [7, 11) is -3.58. The van der Waals surface area contributed by atoms with Gasteiger partial charge in [-0.05, 0) is 59.2 Å². The number of aromatic nitrogens is 2. The van der Waals surface area contributed by atoms with Crippen molar-refractivity contribution >= 4 is 15.8 Å². The Labute approximate surface area is 193 Å². The Morgan fingerprint density at radius 3 is 2.24 bits per heavy atom. The highest BCUT2D eigenvalue weighted by Gasteiger charge is 2.56. The van der Waals surface area contributed by atoms with E-state index in [1.54, 1.807) is 6.07 Å². The van der Waals surface area contributed by atoms with Gasteiger partial charge in [-0.3, -0.25) is 0 Å². The Morgan fingerprint density at radius 1 is 1.03 bits per heavy atom. The van der Waals surface area contributed by atoms with Crippen molar-refractivity contribution in [1.29, 1.82) is 0 Å². The molecule has 1 unspecified atom stereocenters. The van der Waals surface area contributed by atoms with Crippen molar-refractivity contribution in [3.63, 3.8) is 0 Å². The van der Waals surface area contributed by atoms with Gasteiger partial charge in [0.15, 0.2) is 9.84 Å². The summed E-state index contributed by atoms with van der Waals surface area (Å²) in [5.41, 5.74) is 2.57. The Morgan fingerprint density at radius 2 is 1.67 bits per heavy atom. The van der Waals surface area contributed by atoms with E-state index in [1.165, 1.54) is 12.1 Å². The Kier molecular flexibility index (Phi) is 5.56. The number of piperidine rings is 1. The number of benzene rings is 2. The van der Waals surface area contributed by atoms with Gasteiger partial charge < -0.3 is 9.64 Å². The van der Waals surface area contributed by atoms with E-state index in [1.807, 2.05) is 36.7 Å². The minimum Gasteiger partial charge on any atom is -0.493 e. The van der Waals surface area contributed by atoms with Crippen molar-refractivity contribution in [1.82, 2.24) is 9.97 Å². The minimum atomic E-state index is -3.58. The molecule has 1 aromatic heterocycles. The predicted octanol–water partition coefficient (Wildman–Crippen LogP) is 4.01. The van der Waals surface area contributed by atoms with Crippen LogP contribution in [0.3, 0.4) is 0 Å². The van der Waals surface area contributed by atoms with E-state index in [4.69, 9.17) is 4.74 Å². The molecule has 172 valence electrons. The minimum absolute atomic E-state index is 0.288. The summed E-state index contributed by atoms with van der Waals surface area (Å²) in [5.74, 6) is 2.64. The Hall–Kier alpha value is -3.00. The number of rotatable bonds is 7. The van der Waals surface area contributed by atoms with E-state index in [0.29, 0.717) is 29.9 Å². The van der Waals surface area contributed by atoms with Crippen LogP contribution < -0.4 is 9.64 Å². The average molecular weight is 468 g/mol. The van der Waals surface area contributed by atoms with E-state index in [9.17, 15) is 12.8 Å². The van der Waals surface area contributed by atoms with Crippen LogP contribution in [0.1, 0.15) is 12.5 Å². The fourth-order valence-electron chi connectivity index (χ4n) is 4.67. The zero-order chi connectivity index (χ0) is 23.2. The number of nitrogens with zero attached hydrogens (tertiary/aromatic N) is 3. The lowest BCUT2D eigenvalue weighted by Gasteiger charge is -2.19. The first-order valence-corrected chi connectivity index (χ1v) is 13.0. The van der Waals surface area contributed by atoms with E-state index < -0.39 is 15.7 Å². The summed E-state index contributed by atoms with van der Waals surface area (Å²) in [4.78, 5) is 11.0. The molecule has 8 heteroatoms. The van der Waals surface area contributed by atoms with Gasteiger partial charge in [-0.2, -0.15) is 0 Å². The van der Waals surface area contributed by atoms with Crippen LogP contribution in [0.5, 0.6) is 5.75 Å². The van der Waals surface area contributed by atoms with Crippen molar-refractivity contribution in [3.05, 3.63) is 66.2 Å². The number of halogens is 1. The molecule has 0 radical (unpaired) electrons. The second-order valence-corrected chi connectivity index (χ2v) is 10.9. The summed E-state index contributed by atoms with van der Waals surface area (Å²) < 4.78 is 43.4. The first-order valence-electron chi connectivity index (χ1n) is 11.1. The van der Waals surface area contributed by atoms with Crippen molar-refractivity contribution in [2.45, 2.75) is 18.2 Å². The molecule has 1 saturated carbocycles. The fourth-order valence-corrected chi connectivity index (χ4v) is 5.40. The van der Waals surface area contributed by atoms with Crippen molar-refractivity contribution < 1.29 is 17.5 Å². The summed E-state index contributed by atoms with van der Waals surface area (Å²) in [6, 6.07) is 11.6. The van der Waals surface area contributed by atoms with E-state index in [2.05, 4.69) is 21.8 Å². The third-order valence-electron chi connectivity index (χ3n) is 6.72. The van der Waals surface area contributed by atoms with Crippen molar-refractivity contribution in [2.24, 2.45) is 17.8 Å². The molecule has 33 heavy (non-hydrogen) atoms. The summed E-state index contributed by atoms with van der Waals surface area (Å²) >= 11 is 0. The fraction of sp³-hybridized carbons (Fsp3) is 0.360. The van der Waals surface area contributed by atoms with Crippen molar-refractivity contribution in [2.75, 3.05) is 30.9 Å². The Balaban J connectivity index is 1.15. The van der Waals surface area contributed by atoms with Gasteiger partial charge in [-0.15, -0.1) is 0 Å². The standard InChI is InChI=1S/C25H26FN3O3S/c1-3-16-11-27-25(28-12-16)29-13-20-21(14-29)22(20)15-32-19-7-4-17(5-8-19)18-6-9-24(23(26)10-18)33(2,30)31/h4-12,20-22H,3,13-15H2,1-2H3/t20-,21?,22+/m1/s1. The van der Waals surface area contributed by atoms with E-state index in [-0.39, 0.29) is 4.90 Å². The molecule has 3 atom stereocenters. The highest BCUT2D eigenvalue weighted by Crippen LogP contribution is 2.52. The lowest BCUT2D eigenvalue weighted by molar-refractivity contribution is 0.283. The molecular weight excluding hydrogens is 441 g/mol. The molecule has 2 fully saturated rings. The van der Waals surface area contributed by atoms with Crippen LogP contribution in [0.2, 0.25) is 0 Å². The van der Waals surface area contributed by atoms with E-state index >= 15 is 0 Å². The highest BCUT2D eigenvalue weighted by atomic mass is 32.2. The molecular formula is C25H26FN3O3S. The largest absolute Gasteiger partial charge is 0.493 e. The molecule has 2 aromatic carbocycles. The molecule has 0 N–H and O–H groups in total. The molecule has 0 amide bonds. The monoisotopic (exact) mass is 467 g/mol. The lowest BCUT2D eigenvalue weighted by atomic mass is 10.1. The second-order valence-electron chi connectivity index (χ2n) is 8.89.